The van der Waals surface area contributed by atoms with Crippen LogP contribution in [0.1, 0.15) is 56.6 Å². The fraction of sp³-hybridized carbons (Fsp3) is 0.357. The predicted octanol–water partition coefficient (Wildman–Crippen LogP) is 8.18. The molecule has 34 heavy (non-hydrogen) atoms. The molecule has 0 aromatic heterocycles. The van der Waals surface area contributed by atoms with Crippen LogP contribution < -0.4 is 9.47 Å². The molecule has 1 saturated carbocycles. The average molecular weight is 473 g/mol. The summed E-state index contributed by atoms with van der Waals surface area (Å²) in [6.07, 6.45) is 3.82. The Morgan fingerprint density at radius 2 is 1.32 bits per heavy atom. The van der Waals surface area contributed by atoms with Crippen molar-refractivity contribution in [3.63, 3.8) is 0 Å². The minimum absolute atomic E-state index is 0.0134. The smallest absolute Gasteiger partial charge is 0.204 e. The lowest BCUT2D eigenvalue weighted by molar-refractivity contribution is 0.274. The fourth-order valence-electron chi connectivity index (χ4n) is 4.51. The van der Waals surface area contributed by atoms with Gasteiger partial charge in [-0.1, -0.05) is 56.2 Å². The van der Waals surface area contributed by atoms with E-state index in [1.54, 1.807) is 43.3 Å². The first-order valence-corrected chi connectivity index (χ1v) is 11.7. The summed E-state index contributed by atoms with van der Waals surface area (Å²) in [5.74, 6) is -3.53. The summed E-state index contributed by atoms with van der Waals surface area (Å²) in [6.45, 7) is 4.07. The van der Waals surface area contributed by atoms with E-state index in [1.165, 1.54) is 12.1 Å². The Bertz CT molecular complexity index is 1140. The first kappa shape index (κ1) is 24.1. The normalized spacial score (nSPS) is 18.1. The van der Waals surface area contributed by atoms with Crippen LogP contribution in [0.15, 0.2) is 48.5 Å². The van der Waals surface area contributed by atoms with Gasteiger partial charge in [-0.15, -0.1) is 0 Å². The van der Waals surface area contributed by atoms with E-state index >= 15 is 0 Å². The average Bonchev–Trinajstić information content (AvgIpc) is 2.84. The quantitative estimate of drug-likeness (QED) is 0.323. The zero-order valence-electron chi connectivity index (χ0n) is 19.3. The van der Waals surface area contributed by atoms with Gasteiger partial charge in [0.2, 0.25) is 11.6 Å². The van der Waals surface area contributed by atoms with Gasteiger partial charge in [-0.25, -0.2) is 8.78 Å². The molecule has 1 fully saturated rings. The summed E-state index contributed by atoms with van der Waals surface area (Å²) in [7, 11) is 0. The van der Waals surface area contributed by atoms with Crippen molar-refractivity contribution in [2.75, 3.05) is 6.61 Å². The van der Waals surface area contributed by atoms with Crippen LogP contribution in [-0.4, -0.2) is 6.61 Å². The highest BCUT2D eigenvalue weighted by Crippen LogP contribution is 2.38. The van der Waals surface area contributed by atoms with Crippen molar-refractivity contribution in [3.8, 4) is 22.6 Å². The molecule has 0 atom stereocenters. The molecule has 0 spiro atoms. The van der Waals surface area contributed by atoms with E-state index in [1.807, 2.05) is 0 Å². The maximum atomic E-state index is 14.9. The summed E-state index contributed by atoms with van der Waals surface area (Å²) in [4.78, 5) is 0. The van der Waals surface area contributed by atoms with Crippen molar-refractivity contribution in [1.29, 1.82) is 0 Å². The Labute approximate surface area is 197 Å². The first-order chi connectivity index (χ1) is 16.4. The molecule has 0 unspecified atom stereocenters. The van der Waals surface area contributed by atoms with Gasteiger partial charge in [0, 0.05) is 5.56 Å². The van der Waals surface area contributed by atoms with Crippen LogP contribution in [-0.2, 0) is 6.61 Å². The van der Waals surface area contributed by atoms with Crippen molar-refractivity contribution in [3.05, 3.63) is 82.9 Å². The topological polar surface area (TPSA) is 18.5 Å². The van der Waals surface area contributed by atoms with Crippen LogP contribution in [0.5, 0.6) is 11.5 Å². The van der Waals surface area contributed by atoms with E-state index in [2.05, 4.69) is 6.92 Å². The lowest BCUT2D eigenvalue weighted by Gasteiger charge is -2.27. The number of ether oxygens (including phenoxy) is 2. The third-order valence-electron chi connectivity index (χ3n) is 6.54. The number of hydrogen-bond donors (Lipinski definition) is 0. The van der Waals surface area contributed by atoms with Crippen LogP contribution in [0.4, 0.5) is 17.6 Å². The van der Waals surface area contributed by atoms with Gasteiger partial charge in [-0.3, -0.25) is 0 Å². The Morgan fingerprint density at radius 1 is 0.706 bits per heavy atom. The molecule has 180 valence electrons. The highest BCUT2D eigenvalue weighted by Gasteiger charge is 2.25. The van der Waals surface area contributed by atoms with E-state index in [0.29, 0.717) is 22.6 Å². The van der Waals surface area contributed by atoms with E-state index in [0.717, 1.165) is 25.7 Å². The predicted molar refractivity (Wildman–Crippen MR) is 124 cm³/mol. The number of halogens is 4. The summed E-state index contributed by atoms with van der Waals surface area (Å²) in [5, 5.41) is 0. The Hall–Kier alpha value is -3.02. The Kier molecular flexibility index (Phi) is 7.44. The molecule has 3 aromatic rings. The number of hydrogen-bond acceptors (Lipinski definition) is 2. The SMILES string of the molecule is CCOc1ccc(OCc2ccc(-c3ccc(C4CCC(C)CC4)c(F)c3F)cc2)c(F)c1F. The van der Waals surface area contributed by atoms with Crippen molar-refractivity contribution >= 4 is 0 Å². The van der Waals surface area contributed by atoms with E-state index < -0.39 is 23.3 Å². The molecule has 3 aromatic carbocycles. The van der Waals surface area contributed by atoms with Gasteiger partial charge in [0.1, 0.15) is 6.61 Å². The fourth-order valence-corrected chi connectivity index (χ4v) is 4.51. The maximum Gasteiger partial charge on any atom is 0.204 e. The summed E-state index contributed by atoms with van der Waals surface area (Å²) in [5.41, 5.74) is 1.86. The summed E-state index contributed by atoms with van der Waals surface area (Å²) >= 11 is 0. The second-order valence-electron chi connectivity index (χ2n) is 8.90. The summed E-state index contributed by atoms with van der Waals surface area (Å²) in [6, 6.07) is 12.7. The van der Waals surface area contributed by atoms with Gasteiger partial charge in [0.25, 0.3) is 0 Å². The van der Waals surface area contributed by atoms with Gasteiger partial charge < -0.3 is 9.47 Å². The standard InChI is InChI=1S/C28H28F4O2/c1-3-33-23-14-15-24(28(32)27(23)31)34-16-18-6-10-20(11-7-18)22-13-12-21(25(29)26(22)30)19-8-4-17(2)5-9-19/h6-7,10-15,17,19H,3-5,8-9,16H2,1-2H3. The molecule has 4 rings (SSSR count). The molecule has 0 aliphatic heterocycles. The van der Waals surface area contributed by atoms with Crippen LogP contribution in [0.3, 0.4) is 0 Å². The van der Waals surface area contributed by atoms with Crippen LogP contribution >= 0.6 is 0 Å². The maximum absolute atomic E-state index is 14.9. The highest BCUT2D eigenvalue weighted by molar-refractivity contribution is 5.65. The monoisotopic (exact) mass is 472 g/mol. The molecule has 0 saturated heterocycles. The van der Waals surface area contributed by atoms with Gasteiger partial charge in [0.05, 0.1) is 6.61 Å². The number of benzene rings is 3. The van der Waals surface area contributed by atoms with Crippen molar-refractivity contribution in [2.45, 2.75) is 52.1 Å². The minimum atomic E-state index is -1.12. The molecule has 0 bridgehead atoms. The lowest BCUT2D eigenvalue weighted by Crippen LogP contribution is -2.13. The van der Waals surface area contributed by atoms with Crippen LogP contribution in [0, 0.1) is 29.2 Å². The first-order valence-electron chi connectivity index (χ1n) is 11.7. The number of rotatable bonds is 7. The van der Waals surface area contributed by atoms with Crippen LogP contribution in [0.2, 0.25) is 0 Å². The molecular weight excluding hydrogens is 444 g/mol. The zero-order valence-corrected chi connectivity index (χ0v) is 19.3. The minimum Gasteiger partial charge on any atom is -0.491 e. The third kappa shape index (κ3) is 5.06. The van der Waals surface area contributed by atoms with Crippen LogP contribution in [0.25, 0.3) is 11.1 Å². The second kappa shape index (κ2) is 10.5. The van der Waals surface area contributed by atoms with Crippen molar-refractivity contribution in [2.24, 2.45) is 5.92 Å². The third-order valence-corrected chi connectivity index (χ3v) is 6.54. The second-order valence-corrected chi connectivity index (χ2v) is 8.90. The molecular formula is C28H28F4O2. The molecule has 0 radical (unpaired) electrons. The molecule has 1 aliphatic rings. The molecule has 0 heterocycles. The Balaban J connectivity index is 1.46. The molecule has 0 N–H and O–H groups in total. The van der Waals surface area contributed by atoms with Gasteiger partial charge in [0.15, 0.2) is 23.1 Å². The Morgan fingerprint density at radius 3 is 1.94 bits per heavy atom. The zero-order chi connectivity index (χ0) is 24.2. The van der Waals surface area contributed by atoms with Crippen molar-refractivity contribution in [1.82, 2.24) is 0 Å². The van der Waals surface area contributed by atoms with E-state index in [-0.39, 0.29) is 36.2 Å². The van der Waals surface area contributed by atoms with Gasteiger partial charge in [-0.2, -0.15) is 8.78 Å². The van der Waals surface area contributed by atoms with Gasteiger partial charge in [-0.05, 0) is 60.4 Å². The van der Waals surface area contributed by atoms with Gasteiger partial charge >= 0.3 is 0 Å². The highest BCUT2D eigenvalue weighted by atomic mass is 19.2. The van der Waals surface area contributed by atoms with E-state index in [9.17, 15) is 17.6 Å². The molecule has 6 heteroatoms. The molecule has 2 nitrogen and oxygen atoms in total. The van der Waals surface area contributed by atoms with Crippen molar-refractivity contribution < 1.29 is 27.0 Å². The lowest BCUT2D eigenvalue weighted by atomic mass is 9.79. The largest absolute Gasteiger partial charge is 0.491 e. The molecule has 1 aliphatic carbocycles. The summed E-state index contributed by atoms with van der Waals surface area (Å²) < 4.78 is 68.5. The molecule has 0 amide bonds. The van der Waals surface area contributed by atoms with E-state index in [4.69, 9.17) is 9.47 Å².